The summed E-state index contributed by atoms with van der Waals surface area (Å²) in [5.74, 6) is 0.572. The van der Waals surface area contributed by atoms with Crippen LogP contribution in [0.1, 0.15) is 65.2 Å². The Kier molecular flexibility index (Phi) is 7.39. The van der Waals surface area contributed by atoms with Crippen LogP contribution in [0.2, 0.25) is 0 Å². The van der Waals surface area contributed by atoms with Crippen LogP contribution in [-0.2, 0) is 4.74 Å². The van der Waals surface area contributed by atoms with E-state index in [1.165, 1.54) is 25.7 Å². The topological polar surface area (TPSA) is 44.8 Å². The van der Waals surface area contributed by atoms with E-state index in [-0.39, 0.29) is 18.2 Å². The van der Waals surface area contributed by atoms with Gasteiger partial charge in [0.15, 0.2) is 5.11 Å². The highest BCUT2D eigenvalue weighted by Gasteiger charge is 2.39. The van der Waals surface area contributed by atoms with Crippen LogP contribution in [-0.4, -0.2) is 59.3 Å². The fraction of sp³-hybridized carbons (Fsp3) is 0.810. The molecule has 0 saturated carbocycles. The third kappa shape index (κ3) is 5.59. The average molecular weight is 394 g/mol. The number of allylic oxidation sites excluding steroid dienone is 1. The SMILES string of the molecule is CC(C)CC1COC(=O)N1C1CCN(C(=S)NCCC2=CCCCC2)CC1. The van der Waals surface area contributed by atoms with Crippen LogP contribution < -0.4 is 5.32 Å². The van der Waals surface area contributed by atoms with Crippen molar-refractivity contribution in [1.82, 2.24) is 15.1 Å². The van der Waals surface area contributed by atoms with Gasteiger partial charge in [-0.05, 0) is 69.5 Å². The molecule has 0 bridgehead atoms. The molecule has 2 aliphatic heterocycles. The molecule has 0 aromatic heterocycles. The summed E-state index contributed by atoms with van der Waals surface area (Å²) in [4.78, 5) is 16.5. The number of nitrogens with one attached hydrogen (secondary N) is 1. The van der Waals surface area contributed by atoms with Gasteiger partial charge in [-0.15, -0.1) is 0 Å². The third-order valence-corrected chi connectivity index (χ3v) is 6.40. The Morgan fingerprint density at radius 1 is 1.33 bits per heavy atom. The van der Waals surface area contributed by atoms with Gasteiger partial charge in [-0.2, -0.15) is 0 Å². The van der Waals surface area contributed by atoms with Crippen LogP contribution >= 0.6 is 12.2 Å². The van der Waals surface area contributed by atoms with Gasteiger partial charge in [0.1, 0.15) is 6.61 Å². The standard InChI is InChI=1S/C21H35N3O2S/c1-16(2)14-19-15-26-21(25)24(19)18-9-12-23(13-10-18)20(27)22-11-8-17-6-4-3-5-7-17/h6,16,18-19H,3-5,7-15H2,1-2H3,(H,22,27). The predicted molar refractivity (Wildman–Crippen MR) is 113 cm³/mol. The van der Waals surface area contributed by atoms with E-state index in [0.29, 0.717) is 12.5 Å². The molecule has 0 aromatic carbocycles. The van der Waals surface area contributed by atoms with Crippen LogP contribution in [0.4, 0.5) is 4.79 Å². The first-order valence-corrected chi connectivity index (χ1v) is 11.1. The maximum atomic E-state index is 12.2. The van der Waals surface area contributed by atoms with Gasteiger partial charge >= 0.3 is 6.09 Å². The van der Waals surface area contributed by atoms with Crippen LogP contribution in [0.15, 0.2) is 11.6 Å². The zero-order valence-electron chi connectivity index (χ0n) is 16.9. The molecule has 1 aliphatic carbocycles. The van der Waals surface area contributed by atoms with Crippen molar-refractivity contribution in [2.75, 3.05) is 26.2 Å². The molecule has 3 aliphatic rings. The molecule has 1 amide bonds. The second-order valence-electron chi connectivity index (χ2n) is 8.58. The molecule has 1 atom stereocenters. The molecule has 6 heteroatoms. The molecule has 3 rings (SSSR count). The number of piperidine rings is 1. The van der Waals surface area contributed by atoms with Gasteiger partial charge in [0, 0.05) is 25.7 Å². The van der Waals surface area contributed by atoms with Gasteiger partial charge in [0.25, 0.3) is 0 Å². The van der Waals surface area contributed by atoms with Crippen molar-refractivity contribution < 1.29 is 9.53 Å². The number of carbonyl (C=O) groups is 1. The minimum Gasteiger partial charge on any atom is -0.447 e. The Balaban J connectivity index is 1.41. The molecule has 2 heterocycles. The van der Waals surface area contributed by atoms with E-state index in [1.807, 2.05) is 4.90 Å². The van der Waals surface area contributed by atoms with Gasteiger partial charge in [0.05, 0.1) is 6.04 Å². The molecular formula is C21H35N3O2S. The molecule has 0 radical (unpaired) electrons. The number of likely N-dealkylation sites (tertiary alicyclic amines) is 1. The van der Waals surface area contributed by atoms with E-state index in [0.717, 1.165) is 50.4 Å². The van der Waals surface area contributed by atoms with Crippen molar-refractivity contribution in [3.8, 4) is 0 Å². The molecule has 1 N–H and O–H groups in total. The summed E-state index contributed by atoms with van der Waals surface area (Å²) in [5, 5.41) is 4.31. The van der Waals surface area contributed by atoms with E-state index in [2.05, 4.69) is 30.1 Å². The lowest BCUT2D eigenvalue weighted by Crippen LogP contribution is -2.51. The van der Waals surface area contributed by atoms with Crippen molar-refractivity contribution in [2.45, 2.75) is 77.3 Å². The normalized spacial score (nSPS) is 24.2. The summed E-state index contributed by atoms with van der Waals surface area (Å²) >= 11 is 5.61. The number of cyclic esters (lactones) is 1. The van der Waals surface area contributed by atoms with E-state index in [1.54, 1.807) is 5.57 Å². The largest absolute Gasteiger partial charge is 0.447 e. The zero-order valence-corrected chi connectivity index (χ0v) is 17.7. The highest BCUT2D eigenvalue weighted by molar-refractivity contribution is 7.80. The fourth-order valence-electron chi connectivity index (χ4n) is 4.56. The predicted octanol–water partition coefficient (Wildman–Crippen LogP) is 4.08. The first kappa shape index (κ1) is 20.4. The second kappa shape index (κ2) is 9.76. The number of ether oxygens (including phenoxy) is 1. The van der Waals surface area contributed by atoms with Crippen LogP contribution in [0.3, 0.4) is 0 Å². The van der Waals surface area contributed by atoms with E-state index in [4.69, 9.17) is 17.0 Å². The minimum absolute atomic E-state index is 0.124. The van der Waals surface area contributed by atoms with Crippen LogP contribution in [0.5, 0.6) is 0 Å². The summed E-state index contributed by atoms with van der Waals surface area (Å²) in [6.45, 7) is 7.72. The summed E-state index contributed by atoms with van der Waals surface area (Å²) in [6, 6.07) is 0.526. The Hall–Kier alpha value is -1.30. The smallest absolute Gasteiger partial charge is 0.410 e. The first-order valence-electron chi connectivity index (χ1n) is 10.7. The monoisotopic (exact) mass is 393 g/mol. The molecule has 2 fully saturated rings. The number of amides is 1. The lowest BCUT2D eigenvalue weighted by atomic mass is 9.97. The van der Waals surface area contributed by atoms with Gasteiger partial charge < -0.3 is 15.0 Å². The summed E-state index contributed by atoms with van der Waals surface area (Å²) < 4.78 is 5.35. The zero-order chi connectivity index (χ0) is 19.2. The number of hydrogen-bond donors (Lipinski definition) is 1. The maximum Gasteiger partial charge on any atom is 0.410 e. The molecular weight excluding hydrogens is 358 g/mol. The van der Waals surface area contributed by atoms with Crippen molar-refractivity contribution in [2.24, 2.45) is 5.92 Å². The van der Waals surface area contributed by atoms with Crippen molar-refractivity contribution >= 4 is 23.4 Å². The van der Waals surface area contributed by atoms with Crippen molar-refractivity contribution in [3.05, 3.63) is 11.6 Å². The number of hydrogen-bond acceptors (Lipinski definition) is 3. The lowest BCUT2D eigenvalue weighted by Gasteiger charge is -2.39. The molecule has 0 aromatic rings. The number of thiocarbonyl (C=S) groups is 1. The highest BCUT2D eigenvalue weighted by atomic mass is 32.1. The van der Waals surface area contributed by atoms with Crippen LogP contribution in [0, 0.1) is 5.92 Å². The summed E-state index contributed by atoms with van der Waals surface area (Å²) in [7, 11) is 0. The Labute approximate surface area is 169 Å². The molecule has 27 heavy (non-hydrogen) atoms. The summed E-state index contributed by atoms with van der Waals surface area (Å²) in [5.41, 5.74) is 1.58. The molecule has 2 saturated heterocycles. The maximum absolute atomic E-state index is 12.2. The minimum atomic E-state index is -0.124. The Morgan fingerprint density at radius 2 is 2.11 bits per heavy atom. The number of nitrogens with zero attached hydrogens (tertiary/aromatic N) is 2. The molecule has 5 nitrogen and oxygen atoms in total. The number of carbonyl (C=O) groups excluding carboxylic acids is 1. The van der Waals surface area contributed by atoms with Gasteiger partial charge in [-0.1, -0.05) is 25.5 Å². The molecule has 0 spiro atoms. The average Bonchev–Trinajstić information content (AvgIpc) is 3.02. The quantitative estimate of drug-likeness (QED) is 0.544. The van der Waals surface area contributed by atoms with Crippen molar-refractivity contribution in [1.29, 1.82) is 0 Å². The molecule has 1 unspecified atom stereocenters. The molecule has 152 valence electrons. The van der Waals surface area contributed by atoms with E-state index < -0.39 is 0 Å². The van der Waals surface area contributed by atoms with E-state index in [9.17, 15) is 4.79 Å². The number of rotatable bonds is 6. The second-order valence-corrected chi connectivity index (χ2v) is 8.96. The third-order valence-electron chi connectivity index (χ3n) is 6.00. The van der Waals surface area contributed by atoms with Gasteiger partial charge in [-0.3, -0.25) is 4.90 Å². The van der Waals surface area contributed by atoms with Gasteiger partial charge in [-0.25, -0.2) is 4.79 Å². The summed E-state index contributed by atoms with van der Waals surface area (Å²) in [6.07, 6.45) is 11.5. The van der Waals surface area contributed by atoms with Crippen molar-refractivity contribution in [3.63, 3.8) is 0 Å². The van der Waals surface area contributed by atoms with E-state index >= 15 is 0 Å². The Bertz CT molecular complexity index is 556. The van der Waals surface area contributed by atoms with Crippen LogP contribution in [0.25, 0.3) is 0 Å². The Morgan fingerprint density at radius 3 is 2.78 bits per heavy atom. The highest BCUT2D eigenvalue weighted by Crippen LogP contribution is 2.27. The first-order chi connectivity index (χ1) is 13.0. The lowest BCUT2D eigenvalue weighted by molar-refractivity contribution is 0.119. The van der Waals surface area contributed by atoms with Gasteiger partial charge in [0.2, 0.25) is 0 Å². The fourth-order valence-corrected chi connectivity index (χ4v) is 4.85.